The van der Waals surface area contributed by atoms with Crippen molar-refractivity contribution < 1.29 is 4.74 Å². The van der Waals surface area contributed by atoms with E-state index in [1.165, 1.54) is 12.8 Å². The third kappa shape index (κ3) is 2.29. The molecule has 64 valence electrons. The summed E-state index contributed by atoms with van der Waals surface area (Å²) < 4.78 is 6.39. The Kier molecular flexibility index (Phi) is 2.42. The topological polar surface area (TPSA) is 22.1 Å². The van der Waals surface area contributed by atoms with Gasteiger partial charge in [0.2, 0.25) is 0 Å². The van der Waals surface area contributed by atoms with Crippen LogP contribution in [0, 0.1) is 0 Å². The second kappa shape index (κ2) is 3.54. The van der Waals surface area contributed by atoms with E-state index in [0.29, 0.717) is 12.7 Å². The molecular weight excluding hydrogens is 218 g/mol. The first-order valence-corrected chi connectivity index (χ1v) is 4.87. The monoisotopic (exact) mass is 227 g/mol. The maximum Gasteiger partial charge on any atom is 0.106 e. The molecule has 1 aliphatic carbocycles. The van der Waals surface area contributed by atoms with Crippen LogP contribution in [0.3, 0.4) is 0 Å². The summed E-state index contributed by atoms with van der Waals surface area (Å²) in [5, 5.41) is 0. The molecule has 0 aliphatic heterocycles. The Balaban J connectivity index is 1.92. The Hall–Kier alpha value is -0.410. The first-order chi connectivity index (χ1) is 5.84. The van der Waals surface area contributed by atoms with Crippen LogP contribution in [0.5, 0.6) is 0 Å². The van der Waals surface area contributed by atoms with Crippen LogP contribution in [0.25, 0.3) is 0 Å². The first-order valence-electron chi connectivity index (χ1n) is 4.07. The smallest absolute Gasteiger partial charge is 0.106 e. The zero-order chi connectivity index (χ0) is 8.39. The molecule has 0 N–H and O–H groups in total. The van der Waals surface area contributed by atoms with E-state index in [1.54, 1.807) is 0 Å². The highest BCUT2D eigenvalue weighted by Gasteiger charge is 2.21. The van der Waals surface area contributed by atoms with Gasteiger partial charge < -0.3 is 4.74 Å². The Bertz CT molecular complexity index is 273. The molecule has 2 rings (SSSR count). The van der Waals surface area contributed by atoms with Crippen molar-refractivity contribution in [1.82, 2.24) is 4.98 Å². The fourth-order valence-corrected chi connectivity index (χ4v) is 1.35. The van der Waals surface area contributed by atoms with E-state index in [9.17, 15) is 0 Å². The predicted molar refractivity (Wildman–Crippen MR) is 49.7 cm³/mol. The van der Waals surface area contributed by atoms with Gasteiger partial charge in [0.25, 0.3) is 0 Å². The molecule has 3 heteroatoms. The number of halogens is 1. The summed E-state index contributed by atoms with van der Waals surface area (Å²) in [6.45, 7) is 0.643. The van der Waals surface area contributed by atoms with Crippen LogP contribution < -0.4 is 0 Å². The molecule has 1 aromatic rings. The molecule has 1 aliphatic rings. The number of pyridine rings is 1. The lowest BCUT2D eigenvalue weighted by atomic mass is 10.4. The van der Waals surface area contributed by atoms with Crippen LogP contribution in [0.15, 0.2) is 22.8 Å². The average Bonchev–Trinajstić information content (AvgIpc) is 2.84. The van der Waals surface area contributed by atoms with Gasteiger partial charge in [-0.05, 0) is 40.9 Å². The van der Waals surface area contributed by atoms with Crippen molar-refractivity contribution in [2.45, 2.75) is 25.6 Å². The third-order valence-electron chi connectivity index (χ3n) is 1.76. The van der Waals surface area contributed by atoms with Crippen LogP contribution in [0.2, 0.25) is 0 Å². The van der Waals surface area contributed by atoms with Crippen LogP contribution >= 0.6 is 15.9 Å². The lowest BCUT2D eigenvalue weighted by Crippen LogP contribution is -1.96. The Morgan fingerprint density at radius 2 is 2.33 bits per heavy atom. The quantitative estimate of drug-likeness (QED) is 0.741. The van der Waals surface area contributed by atoms with Gasteiger partial charge in [-0.3, -0.25) is 0 Å². The number of aromatic nitrogens is 1. The van der Waals surface area contributed by atoms with Crippen LogP contribution in [-0.2, 0) is 11.3 Å². The number of nitrogens with zero attached hydrogens (tertiary/aromatic N) is 1. The van der Waals surface area contributed by atoms with Crippen molar-refractivity contribution in [2.24, 2.45) is 0 Å². The summed E-state index contributed by atoms with van der Waals surface area (Å²) in [4.78, 5) is 4.26. The Labute approximate surface area is 80.1 Å². The second-order valence-electron chi connectivity index (χ2n) is 2.96. The molecule has 2 nitrogen and oxygen atoms in total. The summed E-state index contributed by atoms with van der Waals surface area (Å²) in [6.07, 6.45) is 2.94. The summed E-state index contributed by atoms with van der Waals surface area (Å²) in [7, 11) is 0. The summed E-state index contributed by atoms with van der Waals surface area (Å²) in [5.74, 6) is 0. The SMILES string of the molecule is Brc1cccc(COC2CC2)n1. The minimum Gasteiger partial charge on any atom is -0.372 e. The van der Waals surface area contributed by atoms with Gasteiger partial charge in [-0.2, -0.15) is 0 Å². The molecule has 0 atom stereocenters. The fourth-order valence-electron chi connectivity index (χ4n) is 0.969. The summed E-state index contributed by atoms with van der Waals surface area (Å²) in [5.41, 5.74) is 0.997. The van der Waals surface area contributed by atoms with Gasteiger partial charge in [0.05, 0.1) is 18.4 Å². The molecule has 0 aromatic carbocycles. The Morgan fingerprint density at radius 1 is 1.50 bits per heavy atom. The Morgan fingerprint density at radius 3 is 3.00 bits per heavy atom. The van der Waals surface area contributed by atoms with Crippen molar-refractivity contribution in [3.63, 3.8) is 0 Å². The predicted octanol–water partition coefficient (Wildman–Crippen LogP) is 2.52. The molecular formula is C9H10BrNO. The van der Waals surface area contributed by atoms with Crippen molar-refractivity contribution in [1.29, 1.82) is 0 Å². The highest BCUT2D eigenvalue weighted by Crippen LogP contribution is 2.24. The molecule has 0 amide bonds. The van der Waals surface area contributed by atoms with E-state index in [0.717, 1.165) is 10.3 Å². The fraction of sp³-hybridized carbons (Fsp3) is 0.444. The van der Waals surface area contributed by atoms with Gasteiger partial charge in [-0.15, -0.1) is 0 Å². The third-order valence-corrected chi connectivity index (χ3v) is 2.21. The molecule has 0 bridgehead atoms. The molecule has 1 heterocycles. The van der Waals surface area contributed by atoms with Crippen LogP contribution in [0.1, 0.15) is 18.5 Å². The van der Waals surface area contributed by atoms with Gasteiger partial charge in [0.1, 0.15) is 4.60 Å². The van der Waals surface area contributed by atoms with E-state index >= 15 is 0 Å². The highest BCUT2D eigenvalue weighted by atomic mass is 79.9. The van der Waals surface area contributed by atoms with Crippen LogP contribution in [0.4, 0.5) is 0 Å². The summed E-state index contributed by atoms with van der Waals surface area (Å²) >= 11 is 3.32. The van der Waals surface area contributed by atoms with Gasteiger partial charge >= 0.3 is 0 Å². The molecule has 1 saturated carbocycles. The van der Waals surface area contributed by atoms with Gasteiger partial charge in [-0.1, -0.05) is 6.07 Å². The lowest BCUT2D eigenvalue weighted by Gasteiger charge is -2.01. The van der Waals surface area contributed by atoms with Gasteiger partial charge in [0, 0.05) is 0 Å². The number of rotatable bonds is 3. The largest absolute Gasteiger partial charge is 0.372 e. The second-order valence-corrected chi connectivity index (χ2v) is 3.77. The number of hydrogen-bond acceptors (Lipinski definition) is 2. The van der Waals surface area contributed by atoms with E-state index in [1.807, 2.05) is 18.2 Å². The molecule has 0 radical (unpaired) electrons. The number of ether oxygens (including phenoxy) is 1. The van der Waals surface area contributed by atoms with Crippen molar-refractivity contribution in [3.05, 3.63) is 28.5 Å². The van der Waals surface area contributed by atoms with E-state index < -0.39 is 0 Å². The summed E-state index contributed by atoms with van der Waals surface area (Å²) in [6, 6.07) is 5.87. The van der Waals surface area contributed by atoms with Crippen molar-refractivity contribution >= 4 is 15.9 Å². The molecule has 1 fully saturated rings. The van der Waals surface area contributed by atoms with E-state index in [4.69, 9.17) is 4.74 Å². The zero-order valence-electron chi connectivity index (χ0n) is 6.66. The van der Waals surface area contributed by atoms with Crippen molar-refractivity contribution in [3.8, 4) is 0 Å². The lowest BCUT2D eigenvalue weighted by molar-refractivity contribution is 0.103. The number of hydrogen-bond donors (Lipinski definition) is 0. The first kappa shape index (κ1) is 8.20. The minimum atomic E-state index is 0.505. The minimum absolute atomic E-state index is 0.505. The van der Waals surface area contributed by atoms with E-state index in [2.05, 4.69) is 20.9 Å². The van der Waals surface area contributed by atoms with Crippen LogP contribution in [-0.4, -0.2) is 11.1 Å². The molecule has 0 unspecified atom stereocenters. The maximum atomic E-state index is 5.51. The maximum absolute atomic E-state index is 5.51. The zero-order valence-corrected chi connectivity index (χ0v) is 8.25. The molecule has 0 spiro atoms. The highest BCUT2D eigenvalue weighted by molar-refractivity contribution is 9.10. The van der Waals surface area contributed by atoms with Gasteiger partial charge in [-0.25, -0.2) is 4.98 Å². The van der Waals surface area contributed by atoms with Gasteiger partial charge in [0.15, 0.2) is 0 Å². The normalized spacial score (nSPS) is 16.4. The van der Waals surface area contributed by atoms with E-state index in [-0.39, 0.29) is 0 Å². The average molecular weight is 228 g/mol. The van der Waals surface area contributed by atoms with Crippen molar-refractivity contribution in [2.75, 3.05) is 0 Å². The molecule has 0 saturated heterocycles. The molecule has 12 heavy (non-hydrogen) atoms. The molecule has 1 aromatic heterocycles. The standard InChI is InChI=1S/C9H10BrNO/c10-9-3-1-2-7(11-9)6-12-8-4-5-8/h1-3,8H,4-6H2.